The number of halogens is 6. The standard InChI is InChI=1S/C13H13F6NO2/c1-3-8-4-6-9(7-5-8)22-10(21)20-11(2,12(14,15)16)13(17,18)19/h4-7H,3H2,1-2H3,(H,20,21). The number of ether oxygens (including phenoxy) is 1. The van der Waals surface area contributed by atoms with Crippen LogP contribution in [0, 0.1) is 0 Å². The monoisotopic (exact) mass is 329 g/mol. The van der Waals surface area contributed by atoms with Crippen LogP contribution in [-0.2, 0) is 6.42 Å². The molecule has 0 aliphatic carbocycles. The summed E-state index contributed by atoms with van der Waals surface area (Å²) in [6, 6.07) is 5.62. The Morgan fingerprint density at radius 1 is 1.05 bits per heavy atom. The number of carbonyl (C=O) groups is 1. The molecular formula is C13H13F6NO2. The van der Waals surface area contributed by atoms with Crippen LogP contribution in [0.15, 0.2) is 24.3 Å². The number of amides is 1. The number of hydrogen-bond acceptors (Lipinski definition) is 2. The second kappa shape index (κ2) is 6.05. The van der Waals surface area contributed by atoms with Crippen LogP contribution in [0.3, 0.4) is 0 Å². The largest absolute Gasteiger partial charge is 0.420 e. The average Bonchev–Trinajstić information content (AvgIpc) is 2.36. The molecule has 1 amide bonds. The number of benzene rings is 1. The summed E-state index contributed by atoms with van der Waals surface area (Å²) in [6.45, 7) is 1.68. The number of alkyl halides is 6. The Hall–Kier alpha value is -1.93. The van der Waals surface area contributed by atoms with Gasteiger partial charge in [0.25, 0.3) is 0 Å². The lowest BCUT2D eigenvalue weighted by Crippen LogP contribution is -2.65. The minimum atomic E-state index is -5.73. The third-order valence-electron chi connectivity index (χ3n) is 3.03. The Morgan fingerprint density at radius 3 is 1.86 bits per heavy atom. The van der Waals surface area contributed by atoms with Gasteiger partial charge in [-0.1, -0.05) is 19.1 Å². The topological polar surface area (TPSA) is 38.3 Å². The average molecular weight is 329 g/mol. The lowest BCUT2D eigenvalue weighted by molar-refractivity contribution is -0.298. The molecule has 1 N–H and O–H groups in total. The second-order valence-corrected chi connectivity index (χ2v) is 4.63. The summed E-state index contributed by atoms with van der Waals surface area (Å²) in [5.41, 5.74) is -3.54. The first-order valence-electron chi connectivity index (χ1n) is 6.13. The molecule has 1 aromatic rings. The van der Waals surface area contributed by atoms with Gasteiger partial charge in [0.15, 0.2) is 0 Å². The molecule has 0 fully saturated rings. The molecule has 3 nitrogen and oxygen atoms in total. The van der Waals surface area contributed by atoms with E-state index in [4.69, 9.17) is 0 Å². The fourth-order valence-corrected chi connectivity index (χ4v) is 1.43. The van der Waals surface area contributed by atoms with E-state index in [1.165, 1.54) is 24.3 Å². The normalized spacial score (nSPS) is 12.9. The van der Waals surface area contributed by atoms with Gasteiger partial charge in [-0.05, 0) is 31.0 Å². The lowest BCUT2D eigenvalue weighted by Gasteiger charge is -2.33. The summed E-state index contributed by atoms with van der Waals surface area (Å²) in [6.07, 6.45) is -12.6. The minimum absolute atomic E-state index is 0.165. The third kappa shape index (κ3) is 3.83. The molecule has 0 unspecified atom stereocenters. The van der Waals surface area contributed by atoms with Gasteiger partial charge >= 0.3 is 18.4 Å². The predicted molar refractivity (Wildman–Crippen MR) is 65.5 cm³/mol. The van der Waals surface area contributed by atoms with Crippen LogP contribution in [0.2, 0.25) is 0 Å². The van der Waals surface area contributed by atoms with Crippen LogP contribution < -0.4 is 10.1 Å². The second-order valence-electron chi connectivity index (χ2n) is 4.63. The van der Waals surface area contributed by atoms with Crippen LogP contribution in [0.25, 0.3) is 0 Å². The maximum atomic E-state index is 12.6. The smallest absolute Gasteiger partial charge is 0.410 e. The predicted octanol–water partition coefficient (Wildman–Crippen LogP) is 4.22. The maximum Gasteiger partial charge on any atom is 0.420 e. The fourth-order valence-electron chi connectivity index (χ4n) is 1.43. The number of rotatable bonds is 3. The van der Waals surface area contributed by atoms with Crippen molar-refractivity contribution in [3.63, 3.8) is 0 Å². The van der Waals surface area contributed by atoms with Gasteiger partial charge in [0.2, 0.25) is 5.54 Å². The summed E-state index contributed by atoms with van der Waals surface area (Å²) in [4.78, 5) is 11.3. The number of nitrogens with one attached hydrogen (secondary N) is 1. The molecule has 1 aromatic carbocycles. The van der Waals surface area contributed by atoms with Crippen molar-refractivity contribution in [2.45, 2.75) is 38.2 Å². The molecule has 124 valence electrons. The molecule has 0 heterocycles. The highest BCUT2D eigenvalue weighted by Gasteiger charge is 2.69. The van der Waals surface area contributed by atoms with Gasteiger partial charge < -0.3 is 4.74 Å². The molecule has 1 rings (SSSR count). The Kier molecular flexibility index (Phi) is 4.99. The van der Waals surface area contributed by atoms with E-state index in [1.807, 2.05) is 6.92 Å². The molecule has 9 heteroatoms. The molecule has 0 bridgehead atoms. The van der Waals surface area contributed by atoms with Crippen molar-refractivity contribution in [3.05, 3.63) is 29.8 Å². The van der Waals surface area contributed by atoms with Crippen molar-refractivity contribution < 1.29 is 35.9 Å². The van der Waals surface area contributed by atoms with Crippen LogP contribution >= 0.6 is 0 Å². The molecule has 0 saturated heterocycles. The number of aryl methyl sites for hydroxylation is 1. The summed E-state index contributed by atoms with van der Waals surface area (Å²) >= 11 is 0. The third-order valence-corrected chi connectivity index (χ3v) is 3.03. The van der Waals surface area contributed by atoms with E-state index in [0.717, 1.165) is 10.9 Å². The Morgan fingerprint density at radius 2 is 1.50 bits per heavy atom. The van der Waals surface area contributed by atoms with Crippen molar-refractivity contribution in [1.29, 1.82) is 0 Å². The number of hydrogen-bond donors (Lipinski definition) is 1. The van der Waals surface area contributed by atoms with Crippen molar-refractivity contribution in [3.8, 4) is 5.75 Å². The van der Waals surface area contributed by atoms with E-state index in [9.17, 15) is 31.1 Å². The first-order valence-corrected chi connectivity index (χ1v) is 6.13. The first kappa shape index (κ1) is 18.1. The van der Waals surface area contributed by atoms with Gasteiger partial charge in [-0.15, -0.1) is 0 Å². The van der Waals surface area contributed by atoms with E-state index in [-0.39, 0.29) is 12.7 Å². The van der Waals surface area contributed by atoms with Gasteiger partial charge in [-0.25, -0.2) is 4.79 Å². The van der Waals surface area contributed by atoms with Crippen LogP contribution in [0.4, 0.5) is 31.1 Å². The van der Waals surface area contributed by atoms with Gasteiger partial charge in [-0.3, -0.25) is 5.32 Å². The molecule has 0 spiro atoms. The fraction of sp³-hybridized carbons (Fsp3) is 0.462. The SMILES string of the molecule is CCc1ccc(OC(=O)NC(C)(C(F)(F)F)C(F)(F)F)cc1. The van der Waals surface area contributed by atoms with Crippen LogP contribution in [0.1, 0.15) is 19.4 Å². The van der Waals surface area contributed by atoms with Gasteiger partial charge in [-0.2, -0.15) is 26.3 Å². The Balaban J connectivity index is 2.88. The Labute approximate surface area is 122 Å². The van der Waals surface area contributed by atoms with Crippen molar-refractivity contribution >= 4 is 6.09 Å². The molecule has 0 radical (unpaired) electrons. The van der Waals surface area contributed by atoms with Crippen LogP contribution in [-0.4, -0.2) is 24.0 Å². The van der Waals surface area contributed by atoms with E-state index in [2.05, 4.69) is 4.74 Å². The maximum absolute atomic E-state index is 12.6. The molecular weight excluding hydrogens is 316 g/mol. The molecule has 22 heavy (non-hydrogen) atoms. The number of carbonyl (C=O) groups excluding carboxylic acids is 1. The zero-order valence-corrected chi connectivity index (χ0v) is 11.6. The van der Waals surface area contributed by atoms with E-state index < -0.39 is 24.0 Å². The van der Waals surface area contributed by atoms with Crippen molar-refractivity contribution in [2.24, 2.45) is 0 Å². The highest BCUT2D eigenvalue weighted by molar-refractivity contribution is 5.71. The molecule has 0 aliphatic rings. The molecule has 0 aliphatic heterocycles. The van der Waals surface area contributed by atoms with Gasteiger partial charge in [0.05, 0.1) is 0 Å². The van der Waals surface area contributed by atoms with E-state index in [1.54, 1.807) is 0 Å². The highest BCUT2D eigenvalue weighted by atomic mass is 19.4. The molecule has 0 aromatic heterocycles. The van der Waals surface area contributed by atoms with Crippen molar-refractivity contribution in [1.82, 2.24) is 5.32 Å². The van der Waals surface area contributed by atoms with Crippen molar-refractivity contribution in [2.75, 3.05) is 0 Å². The minimum Gasteiger partial charge on any atom is -0.410 e. The van der Waals surface area contributed by atoms with Gasteiger partial charge in [0, 0.05) is 0 Å². The summed E-state index contributed by atoms with van der Waals surface area (Å²) in [5.74, 6) is -0.165. The van der Waals surface area contributed by atoms with E-state index >= 15 is 0 Å². The summed E-state index contributed by atoms with van der Waals surface area (Å²) in [7, 11) is 0. The first-order chi connectivity index (χ1) is 9.90. The zero-order chi connectivity index (χ0) is 17.2. The lowest BCUT2D eigenvalue weighted by atomic mass is 10.0. The highest BCUT2D eigenvalue weighted by Crippen LogP contribution is 2.42. The van der Waals surface area contributed by atoms with E-state index in [0.29, 0.717) is 6.42 Å². The van der Waals surface area contributed by atoms with Gasteiger partial charge in [0.1, 0.15) is 5.75 Å². The Bertz CT molecular complexity index is 507. The quantitative estimate of drug-likeness (QED) is 0.843. The van der Waals surface area contributed by atoms with Crippen LogP contribution in [0.5, 0.6) is 5.75 Å². The summed E-state index contributed by atoms with van der Waals surface area (Å²) in [5, 5.41) is 0.839. The molecule has 0 saturated carbocycles. The zero-order valence-electron chi connectivity index (χ0n) is 11.6. The summed E-state index contributed by atoms with van der Waals surface area (Å²) < 4.78 is 80.1. The molecule has 0 atom stereocenters.